The first kappa shape index (κ1) is 16.4. The summed E-state index contributed by atoms with van der Waals surface area (Å²) in [5, 5.41) is 0. The predicted octanol–water partition coefficient (Wildman–Crippen LogP) is 4.05. The maximum atomic E-state index is 10.9. The Kier molecular flexibility index (Phi) is 11.5. The lowest BCUT2D eigenvalue weighted by molar-refractivity contribution is -0.178. The van der Waals surface area contributed by atoms with Crippen LogP contribution in [0.25, 0.3) is 0 Å². The van der Waals surface area contributed by atoms with Crippen molar-refractivity contribution in [3.05, 3.63) is 0 Å². The molecule has 17 heavy (non-hydrogen) atoms. The van der Waals surface area contributed by atoms with Gasteiger partial charge in [0.05, 0.1) is 6.61 Å². The van der Waals surface area contributed by atoms with Crippen LogP contribution in [0.15, 0.2) is 0 Å². The van der Waals surface area contributed by atoms with Crippen LogP contribution in [0.1, 0.15) is 72.1 Å². The van der Waals surface area contributed by atoms with Crippen LogP contribution in [0.2, 0.25) is 0 Å². The summed E-state index contributed by atoms with van der Waals surface area (Å²) in [7, 11) is 0. The Labute approximate surface area is 106 Å². The fraction of sp³-hybridized carbons (Fsp3) is 0.929. The summed E-state index contributed by atoms with van der Waals surface area (Å²) in [6.07, 6.45) is 8.69. The number of ether oxygens (including phenoxy) is 2. The normalized spacial score (nSPS) is 12.4. The highest BCUT2D eigenvalue weighted by Crippen LogP contribution is 2.11. The molecule has 0 saturated carbocycles. The average molecular weight is 244 g/mol. The van der Waals surface area contributed by atoms with E-state index in [1.165, 1.54) is 32.6 Å². The minimum atomic E-state index is -0.333. The van der Waals surface area contributed by atoms with Crippen LogP contribution in [-0.4, -0.2) is 18.9 Å². The van der Waals surface area contributed by atoms with Crippen LogP contribution in [0.4, 0.5) is 0 Å². The second-order valence-electron chi connectivity index (χ2n) is 4.47. The number of hydrogen-bond acceptors (Lipinski definition) is 3. The average Bonchev–Trinajstić information content (AvgIpc) is 2.28. The van der Waals surface area contributed by atoms with E-state index in [9.17, 15) is 4.79 Å². The number of rotatable bonds is 11. The molecular weight excluding hydrogens is 216 g/mol. The van der Waals surface area contributed by atoms with Gasteiger partial charge >= 0.3 is 5.97 Å². The molecule has 0 N–H and O–H groups in total. The second-order valence-corrected chi connectivity index (χ2v) is 4.47. The van der Waals surface area contributed by atoms with Gasteiger partial charge in [-0.25, -0.2) is 0 Å². The lowest BCUT2D eigenvalue weighted by Gasteiger charge is -2.17. The van der Waals surface area contributed by atoms with Gasteiger partial charge in [-0.2, -0.15) is 0 Å². The molecule has 0 spiro atoms. The standard InChI is InChI=1S/C14H28O3/c1-4-6-8-9-10-11-14(17-13(3)15)16-12-7-5-2/h14H,4-12H2,1-3H3. The lowest BCUT2D eigenvalue weighted by Crippen LogP contribution is -2.20. The zero-order valence-corrected chi connectivity index (χ0v) is 11.7. The van der Waals surface area contributed by atoms with Gasteiger partial charge < -0.3 is 9.47 Å². The molecule has 0 aliphatic heterocycles. The van der Waals surface area contributed by atoms with Crippen molar-refractivity contribution in [3.8, 4) is 0 Å². The third kappa shape index (κ3) is 11.7. The Morgan fingerprint density at radius 3 is 2.24 bits per heavy atom. The first-order chi connectivity index (χ1) is 8.20. The van der Waals surface area contributed by atoms with Crippen molar-refractivity contribution >= 4 is 5.97 Å². The summed E-state index contributed by atoms with van der Waals surface area (Å²) >= 11 is 0. The molecule has 0 fully saturated rings. The molecule has 0 radical (unpaired) electrons. The summed E-state index contributed by atoms with van der Waals surface area (Å²) in [5.41, 5.74) is 0. The quantitative estimate of drug-likeness (QED) is 0.312. The number of hydrogen-bond donors (Lipinski definition) is 0. The van der Waals surface area contributed by atoms with Gasteiger partial charge in [0.25, 0.3) is 0 Å². The molecule has 3 heteroatoms. The monoisotopic (exact) mass is 244 g/mol. The minimum Gasteiger partial charge on any atom is -0.436 e. The van der Waals surface area contributed by atoms with E-state index in [1.807, 2.05) is 0 Å². The smallest absolute Gasteiger partial charge is 0.304 e. The maximum Gasteiger partial charge on any atom is 0.304 e. The van der Waals surface area contributed by atoms with Crippen molar-refractivity contribution < 1.29 is 14.3 Å². The summed E-state index contributed by atoms with van der Waals surface area (Å²) in [4.78, 5) is 10.9. The number of esters is 1. The molecule has 0 aromatic rings. The molecule has 1 unspecified atom stereocenters. The molecule has 0 aromatic carbocycles. The summed E-state index contributed by atoms with van der Waals surface area (Å²) in [5.74, 6) is -0.250. The number of carbonyl (C=O) groups excluding carboxylic acids is 1. The van der Waals surface area contributed by atoms with E-state index in [0.717, 1.165) is 25.7 Å². The number of carbonyl (C=O) groups is 1. The Bertz CT molecular complexity index is 180. The van der Waals surface area contributed by atoms with Crippen molar-refractivity contribution in [3.63, 3.8) is 0 Å². The third-order valence-electron chi connectivity index (χ3n) is 2.64. The van der Waals surface area contributed by atoms with E-state index >= 15 is 0 Å². The van der Waals surface area contributed by atoms with Gasteiger partial charge in [0.1, 0.15) is 0 Å². The van der Waals surface area contributed by atoms with Crippen molar-refractivity contribution in [2.45, 2.75) is 78.4 Å². The first-order valence-electron chi connectivity index (χ1n) is 6.99. The first-order valence-corrected chi connectivity index (χ1v) is 6.99. The molecule has 0 aliphatic carbocycles. The van der Waals surface area contributed by atoms with Crippen LogP contribution in [0.3, 0.4) is 0 Å². The van der Waals surface area contributed by atoms with Crippen molar-refractivity contribution in [1.29, 1.82) is 0 Å². The van der Waals surface area contributed by atoms with Crippen molar-refractivity contribution in [2.24, 2.45) is 0 Å². The van der Waals surface area contributed by atoms with E-state index in [2.05, 4.69) is 13.8 Å². The molecule has 0 saturated heterocycles. The number of unbranched alkanes of at least 4 members (excludes halogenated alkanes) is 5. The van der Waals surface area contributed by atoms with Crippen molar-refractivity contribution in [1.82, 2.24) is 0 Å². The van der Waals surface area contributed by atoms with E-state index < -0.39 is 0 Å². The van der Waals surface area contributed by atoms with Gasteiger partial charge in [-0.3, -0.25) is 4.79 Å². The van der Waals surface area contributed by atoms with E-state index in [4.69, 9.17) is 9.47 Å². The van der Waals surface area contributed by atoms with Gasteiger partial charge in [0.2, 0.25) is 6.29 Å². The fourth-order valence-corrected chi connectivity index (χ4v) is 1.64. The molecule has 3 nitrogen and oxygen atoms in total. The molecule has 0 aliphatic rings. The van der Waals surface area contributed by atoms with Gasteiger partial charge in [-0.15, -0.1) is 0 Å². The van der Waals surface area contributed by atoms with Crippen molar-refractivity contribution in [2.75, 3.05) is 6.61 Å². The Morgan fingerprint density at radius 2 is 1.65 bits per heavy atom. The SMILES string of the molecule is CCCCCCCC(OCCCC)OC(C)=O. The molecular formula is C14H28O3. The Morgan fingerprint density at radius 1 is 1.00 bits per heavy atom. The second kappa shape index (κ2) is 11.9. The van der Waals surface area contributed by atoms with Crippen LogP contribution in [0, 0.1) is 0 Å². The Hall–Kier alpha value is -0.570. The zero-order chi connectivity index (χ0) is 12.9. The van der Waals surface area contributed by atoms with Gasteiger partial charge in [-0.05, 0) is 12.8 Å². The largest absolute Gasteiger partial charge is 0.436 e. The highest BCUT2D eigenvalue weighted by atomic mass is 16.7. The molecule has 102 valence electrons. The van der Waals surface area contributed by atoms with E-state index in [0.29, 0.717) is 6.61 Å². The van der Waals surface area contributed by atoms with Crippen LogP contribution >= 0.6 is 0 Å². The lowest BCUT2D eigenvalue weighted by atomic mass is 10.1. The van der Waals surface area contributed by atoms with Crippen LogP contribution < -0.4 is 0 Å². The van der Waals surface area contributed by atoms with Crippen LogP contribution in [-0.2, 0) is 14.3 Å². The van der Waals surface area contributed by atoms with E-state index in [-0.39, 0.29) is 12.3 Å². The molecule has 0 rings (SSSR count). The topological polar surface area (TPSA) is 35.5 Å². The summed E-state index contributed by atoms with van der Waals surface area (Å²) in [6, 6.07) is 0. The molecule has 0 heterocycles. The summed E-state index contributed by atoms with van der Waals surface area (Å²) in [6.45, 7) is 6.45. The van der Waals surface area contributed by atoms with Gasteiger partial charge in [-0.1, -0.05) is 46.0 Å². The summed E-state index contributed by atoms with van der Waals surface area (Å²) < 4.78 is 10.7. The fourth-order valence-electron chi connectivity index (χ4n) is 1.64. The third-order valence-corrected chi connectivity index (χ3v) is 2.64. The highest BCUT2D eigenvalue weighted by Gasteiger charge is 2.11. The van der Waals surface area contributed by atoms with Crippen LogP contribution in [0.5, 0.6) is 0 Å². The molecule has 0 bridgehead atoms. The van der Waals surface area contributed by atoms with Gasteiger partial charge in [0, 0.05) is 13.3 Å². The molecule has 1 atom stereocenters. The van der Waals surface area contributed by atoms with E-state index in [1.54, 1.807) is 0 Å². The highest BCUT2D eigenvalue weighted by molar-refractivity contribution is 5.66. The zero-order valence-electron chi connectivity index (χ0n) is 11.7. The predicted molar refractivity (Wildman–Crippen MR) is 69.8 cm³/mol. The minimum absolute atomic E-state index is 0.250. The van der Waals surface area contributed by atoms with Gasteiger partial charge in [0.15, 0.2) is 0 Å². The molecule has 0 aromatic heterocycles. The maximum absolute atomic E-state index is 10.9. The molecule has 0 amide bonds. The Balaban J connectivity index is 3.65.